The average Bonchev–Trinajstić information content (AvgIpc) is 2.84. The summed E-state index contributed by atoms with van der Waals surface area (Å²) in [7, 11) is 0. The molecule has 0 unspecified atom stereocenters. The van der Waals surface area contributed by atoms with E-state index in [1.54, 1.807) is 13.1 Å². The number of nitrogen functional groups attached to an aromatic ring is 1. The van der Waals surface area contributed by atoms with Crippen molar-refractivity contribution in [2.24, 2.45) is 0 Å². The van der Waals surface area contributed by atoms with Crippen LogP contribution in [0.1, 0.15) is 5.76 Å². The highest BCUT2D eigenvalue weighted by Crippen LogP contribution is 2.24. The third-order valence-electron chi connectivity index (χ3n) is 2.03. The smallest absolute Gasteiger partial charge is 0.286 e. The number of hydrogen-bond acceptors (Lipinski definition) is 7. The Hall–Kier alpha value is -2.44. The first-order valence-corrected chi connectivity index (χ1v) is 4.54. The number of anilines is 1. The van der Waals surface area contributed by atoms with Gasteiger partial charge in [0.15, 0.2) is 11.3 Å². The molecule has 0 aliphatic rings. The van der Waals surface area contributed by atoms with Crippen molar-refractivity contribution in [2.75, 3.05) is 5.73 Å². The molecule has 2 N–H and O–H groups in total. The zero-order valence-corrected chi connectivity index (χ0v) is 8.34. The molecule has 0 aliphatic heterocycles. The van der Waals surface area contributed by atoms with Crippen LogP contribution in [0.5, 0.6) is 0 Å². The Bertz CT molecular complexity index is 657. The number of nitrogens with zero attached hydrogens (tertiary/aromatic N) is 4. The number of hydrogen-bond donors (Lipinski definition) is 1. The first-order valence-electron chi connectivity index (χ1n) is 4.54. The summed E-state index contributed by atoms with van der Waals surface area (Å²) in [5, 5.41) is 0. The molecule has 7 nitrogen and oxygen atoms in total. The van der Waals surface area contributed by atoms with E-state index in [9.17, 15) is 0 Å². The third-order valence-corrected chi connectivity index (χ3v) is 2.03. The maximum absolute atomic E-state index is 5.63. The van der Waals surface area contributed by atoms with Crippen LogP contribution in [-0.2, 0) is 0 Å². The Balaban J connectivity index is 2.22. The van der Waals surface area contributed by atoms with Gasteiger partial charge in [0.25, 0.3) is 17.5 Å². The van der Waals surface area contributed by atoms with Gasteiger partial charge in [0.05, 0.1) is 6.20 Å². The average molecular weight is 217 g/mol. The largest absolute Gasteiger partial charge is 0.438 e. The van der Waals surface area contributed by atoms with Crippen molar-refractivity contribution in [1.82, 2.24) is 19.9 Å². The molecule has 16 heavy (non-hydrogen) atoms. The second-order valence-electron chi connectivity index (χ2n) is 3.21. The molecule has 3 aromatic rings. The molecular weight excluding hydrogens is 210 g/mol. The normalized spacial score (nSPS) is 11.1. The zero-order chi connectivity index (χ0) is 11.1. The van der Waals surface area contributed by atoms with Crippen molar-refractivity contribution >= 4 is 17.0 Å². The molecule has 0 radical (unpaired) electrons. The molecule has 0 aliphatic carbocycles. The van der Waals surface area contributed by atoms with Crippen LogP contribution in [-0.4, -0.2) is 19.9 Å². The Kier molecular flexibility index (Phi) is 1.67. The monoisotopic (exact) mass is 217 g/mol. The van der Waals surface area contributed by atoms with Crippen LogP contribution in [0.15, 0.2) is 21.4 Å². The standard InChI is InChI=1S/C9H7N5O2/c1-4-2-11-8(15-4)9-14-5-6(10)12-3-13-7(5)16-9/h2-3H,1H3,(H2,10,12,13). The Morgan fingerprint density at radius 1 is 1.12 bits per heavy atom. The fourth-order valence-corrected chi connectivity index (χ4v) is 1.32. The van der Waals surface area contributed by atoms with Gasteiger partial charge in [0.1, 0.15) is 12.1 Å². The minimum atomic E-state index is 0.246. The summed E-state index contributed by atoms with van der Waals surface area (Å²) in [4.78, 5) is 15.8. The fraction of sp³-hybridized carbons (Fsp3) is 0.111. The minimum absolute atomic E-state index is 0.246. The van der Waals surface area contributed by atoms with Gasteiger partial charge in [-0.3, -0.25) is 0 Å². The molecule has 0 fully saturated rings. The number of oxazole rings is 2. The van der Waals surface area contributed by atoms with E-state index in [1.165, 1.54) is 6.33 Å². The van der Waals surface area contributed by atoms with E-state index in [2.05, 4.69) is 19.9 Å². The van der Waals surface area contributed by atoms with E-state index in [4.69, 9.17) is 14.6 Å². The molecule has 0 aromatic carbocycles. The van der Waals surface area contributed by atoms with Gasteiger partial charge < -0.3 is 14.6 Å². The Morgan fingerprint density at radius 2 is 2.00 bits per heavy atom. The second-order valence-corrected chi connectivity index (χ2v) is 3.21. The summed E-state index contributed by atoms with van der Waals surface area (Å²) in [6.07, 6.45) is 2.90. The van der Waals surface area contributed by atoms with E-state index in [1.807, 2.05) is 0 Å². The van der Waals surface area contributed by atoms with Crippen LogP contribution >= 0.6 is 0 Å². The predicted molar refractivity (Wildman–Crippen MR) is 54.2 cm³/mol. The van der Waals surface area contributed by atoms with Gasteiger partial charge in [-0.1, -0.05) is 0 Å². The van der Waals surface area contributed by atoms with Gasteiger partial charge in [-0.2, -0.15) is 9.97 Å². The number of aryl methyl sites for hydroxylation is 1. The Labute approximate surface area is 89.3 Å². The summed E-state index contributed by atoms with van der Waals surface area (Å²) in [6, 6.07) is 0. The second kappa shape index (κ2) is 3.02. The summed E-state index contributed by atoms with van der Waals surface area (Å²) in [6.45, 7) is 1.79. The molecular formula is C9H7N5O2. The van der Waals surface area contributed by atoms with E-state index in [0.29, 0.717) is 22.9 Å². The molecule has 0 bridgehead atoms. The number of nitrogens with two attached hydrogens (primary N) is 1. The van der Waals surface area contributed by atoms with Gasteiger partial charge in [-0.25, -0.2) is 9.97 Å². The number of fused-ring (bicyclic) bond motifs is 1. The van der Waals surface area contributed by atoms with Crippen LogP contribution in [0.2, 0.25) is 0 Å². The van der Waals surface area contributed by atoms with Gasteiger partial charge >= 0.3 is 0 Å². The van der Waals surface area contributed by atoms with E-state index < -0.39 is 0 Å². The van der Waals surface area contributed by atoms with Crippen LogP contribution < -0.4 is 5.73 Å². The van der Waals surface area contributed by atoms with Crippen LogP contribution in [0.4, 0.5) is 5.82 Å². The van der Waals surface area contributed by atoms with Crippen molar-refractivity contribution in [3.05, 3.63) is 18.3 Å². The minimum Gasteiger partial charge on any atom is -0.438 e. The summed E-state index contributed by atoms with van der Waals surface area (Å²) >= 11 is 0. The lowest BCUT2D eigenvalue weighted by Gasteiger charge is -1.87. The predicted octanol–water partition coefficient (Wildman–Crippen LogP) is 1.16. The molecule has 0 amide bonds. The molecule has 7 heteroatoms. The van der Waals surface area contributed by atoms with Crippen molar-refractivity contribution < 1.29 is 8.83 Å². The lowest BCUT2D eigenvalue weighted by Crippen LogP contribution is -1.91. The van der Waals surface area contributed by atoms with Gasteiger partial charge in [0, 0.05) is 0 Å². The van der Waals surface area contributed by atoms with Crippen molar-refractivity contribution in [1.29, 1.82) is 0 Å². The van der Waals surface area contributed by atoms with Crippen LogP contribution in [0, 0.1) is 6.92 Å². The maximum Gasteiger partial charge on any atom is 0.286 e. The van der Waals surface area contributed by atoms with Crippen molar-refractivity contribution in [3.63, 3.8) is 0 Å². The van der Waals surface area contributed by atoms with Gasteiger partial charge in [-0.05, 0) is 6.92 Å². The maximum atomic E-state index is 5.63. The number of rotatable bonds is 1. The topological polar surface area (TPSA) is 104 Å². The van der Waals surface area contributed by atoms with E-state index >= 15 is 0 Å². The highest BCUT2D eigenvalue weighted by atomic mass is 16.4. The van der Waals surface area contributed by atoms with Crippen molar-refractivity contribution in [2.45, 2.75) is 6.92 Å². The van der Waals surface area contributed by atoms with E-state index in [-0.39, 0.29) is 11.7 Å². The van der Waals surface area contributed by atoms with Crippen LogP contribution in [0.3, 0.4) is 0 Å². The van der Waals surface area contributed by atoms with E-state index in [0.717, 1.165) is 0 Å². The van der Waals surface area contributed by atoms with Crippen molar-refractivity contribution in [3.8, 4) is 11.8 Å². The SMILES string of the molecule is Cc1cnc(-c2nc3c(N)ncnc3o2)o1. The number of aromatic nitrogens is 4. The molecule has 3 heterocycles. The highest BCUT2D eigenvalue weighted by molar-refractivity contribution is 5.80. The first kappa shape index (κ1) is 8.84. The molecule has 0 spiro atoms. The first-order chi connectivity index (χ1) is 7.74. The third kappa shape index (κ3) is 1.22. The quantitative estimate of drug-likeness (QED) is 0.652. The van der Waals surface area contributed by atoms with Gasteiger partial charge in [0.2, 0.25) is 0 Å². The van der Waals surface area contributed by atoms with Gasteiger partial charge in [-0.15, -0.1) is 0 Å². The lowest BCUT2D eigenvalue weighted by molar-refractivity contribution is 0.504. The molecule has 0 atom stereocenters. The van der Waals surface area contributed by atoms with Crippen LogP contribution in [0.25, 0.3) is 23.0 Å². The molecule has 0 saturated carbocycles. The summed E-state index contributed by atoms with van der Waals surface area (Å²) in [5.41, 5.74) is 6.36. The molecule has 0 saturated heterocycles. The highest BCUT2D eigenvalue weighted by Gasteiger charge is 2.15. The summed E-state index contributed by atoms with van der Waals surface area (Å²) < 4.78 is 10.6. The Morgan fingerprint density at radius 3 is 2.69 bits per heavy atom. The molecule has 3 rings (SSSR count). The molecule has 80 valence electrons. The fourth-order valence-electron chi connectivity index (χ4n) is 1.32. The molecule has 3 aromatic heterocycles. The lowest BCUT2D eigenvalue weighted by atomic mass is 10.5. The zero-order valence-electron chi connectivity index (χ0n) is 8.34. The summed E-state index contributed by atoms with van der Waals surface area (Å²) in [5.74, 6) is 1.49.